The zero-order valence-electron chi connectivity index (χ0n) is 20.5. The Balaban J connectivity index is 1.70. The molecule has 0 aliphatic heterocycles. The molecule has 2 aromatic carbocycles. The molecule has 3 heterocycles. The molecule has 0 spiro atoms. The number of anilines is 2. The fraction of sp³-hybridized carbons (Fsp3) is 0.154. The highest BCUT2D eigenvalue weighted by Crippen LogP contribution is 2.25. The molecule has 0 bridgehead atoms. The molecule has 5 rings (SSSR count). The largest absolute Gasteiger partial charge is 0.359 e. The van der Waals surface area contributed by atoms with Crippen molar-refractivity contribution in [2.75, 3.05) is 5.32 Å². The summed E-state index contributed by atoms with van der Waals surface area (Å²) in [6.07, 6.45) is 2.91. The Morgan fingerprint density at radius 3 is 2.55 bits per heavy atom. The minimum Gasteiger partial charge on any atom is -0.331 e. The van der Waals surface area contributed by atoms with E-state index in [4.69, 9.17) is 0 Å². The summed E-state index contributed by atoms with van der Waals surface area (Å²) >= 11 is 0. The van der Waals surface area contributed by atoms with Crippen LogP contribution in [0.5, 0.6) is 0 Å². The summed E-state index contributed by atoms with van der Waals surface area (Å²) in [5, 5.41) is 12.0. The van der Waals surface area contributed by atoms with Gasteiger partial charge < -0.3 is 9.88 Å². The number of nitrogens with zero attached hydrogens (tertiary/aromatic N) is 7. The van der Waals surface area contributed by atoms with E-state index in [-0.39, 0.29) is 29.4 Å². The van der Waals surface area contributed by atoms with E-state index in [0.717, 1.165) is 15.2 Å². The van der Waals surface area contributed by atoms with Gasteiger partial charge in [-0.25, -0.2) is 27.9 Å². The summed E-state index contributed by atoms with van der Waals surface area (Å²) in [7, 11) is 1.78. The molecule has 10 nitrogen and oxygen atoms in total. The van der Waals surface area contributed by atoms with Crippen molar-refractivity contribution >= 4 is 22.7 Å². The van der Waals surface area contributed by atoms with Crippen LogP contribution in [-0.4, -0.2) is 28.7 Å². The minimum atomic E-state index is -0.907. The lowest BCUT2D eigenvalue weighted by atomic mass is 10.1. The van der Waals surface area contributed by atoms with Crippen LogP contribution in [0.1, 0.15) is 22.5 Å². The van der Waals surface area contributed by atoms with E-state index in [1.54, 1.807) is 43.8 Å². The van der Waals surface area contributed by atoms with Gasteiger partial charge in [-0.2, -0.15) is 10.2 Å². The topological polar surface area (TPSA) is 123 Å². The van der Waals surface area contributed by atoms with Gasteiger partial charge in [-0.3, -0.25) is 9.55 Å². The number of imidazole rings is 1. The van der Waals surface area contributed by atoms with Crippen molar-refractivity contribution in [1.82, 2.24) is 28.7 Å². The summed E-state index contributed by atoms with van der Waals surface area (Å²) in [5.74, 6) is -0.947. The number of hydrogen-bond donors (Lipinski definition) is 1. The van der Waals surface area contributed by atoms with Gasteiger partial charge in [0.2, 0.25) is 5.95 Å². The van der Waals surface area contributed by atoms with Crippen LogP contribution in [-0.2, 0) is 13.6 Å². The highest BCUT2D eigenvalue weighted by Gasteiger charge is 2.19. The van der Waals surface area contributed by atoms with Crippen molar-refractivity contribution in [3.63, 3.8) is 0 Å². The average molecular weight is 514 g/mol. The molecule has 0 amide bonds. The van der Waals surface area contributed by atoms with Crippen LogP contribution in [0.2, 0.25) is 0 Å². The molecule has 0 aliphatic rings. The molecular weight excluding hydrogens is 494 g/mol. The number of nitriles is 1. The maximum Gasteiger partial charge on any atom is 0.359 e. The van der Waals surface area contributed by atoms with Gasteiger partial charge in [-0.1, -0.05) is 6.07 Å². The molecule has 0 atom stereocenters. The van der Waals surface area contributed by atoms with Gasteiger partial charge in [0.15, 0.2) is 0 Å². The zero-order valence-corrected chi connectivity index (χ0v) is 20.5. The Kier molecular flexibility index (Phi) is 6.04. The number of rotatable bonds is 5. The van der Waals surface area contributed by atoms with Crippen LogP contribution in [0, 0.1) is 36.8 Å². The third kappa shape index (κ3) is 4.30. The van der Waals surface area contributed by atoms with Gasteiger partial charge in [0.05, 0.1) is 40.7 Å². The Morgan fingerprint density at radius 1 is 1.03 bits per heavy atom. The third-order valence-corrected chi connectivity index (χ3v) is 6.12. The van der Waals surface area contributed by atoms with Gasteiger partial charge in [0.1, 0.15) is 23.5 Å². The van der Waals surface area contributed by atoms with Crippen LogP contribution in [0.15, 0.2) is 58.4 Å². The Hall–Kier alpha value is -5.18. The van der Waals surface area contributed by atoms with Crippen molar-refractivity contribution in [2.24, 2.45) is 7.05 Å². The molecule has 5 aromatic rings. The Morgan fingerprint density at radius 2 is 1.82 bits per heavy atom. The van der Waals surface area contributed by atoms with Gasteiger partial charge in [0, 0.05) is 19.3 Å². The van der Waals surface area contributed by atoms with Crippen LogP contribution in [0.3, 0.4) is 0 Å². The van der Waals surface area contributed by atoms with E-state index in [0.29, 0.717) is 28.0 Å². The van der Waals surface area contributed by atoms with Gasteiger partial charge in [-0.15, -0.1) is 0 Å². The molecule has 0 fully saturated rings. The minimum absolute atomic E-state index is 0.0349. The molecule has 12 heteroatoms. The molecule has 38 heavy (non-hydrogen) atoms. The second kappa shape index (κ2) is 9.36. The summed E-state index contributed by atoms with van der Waals surface area (Å²) < 4.78 is 32.7. The number of aromatic nitrogens is 6. The normalized spacial score (nSPS) is 11.1. The van der Waals surface area contributed by atoms with E-state index in [2.05, 4.69) is 20.3 Å². The van der Waals surface area contributed by atoms with Crippen LogP contribution < -0.4 is 16.7 Å². The molecule has 0 aliphatic carbocycles. The lowest BCUT2D eigenvalue weighted by molar-refractivity contribution is 0.618. The average Bonchev–Trinajstić information content (AvgIpc) is 3.14. The lowest BCUT2D eigenvalue weighted by Gasteiger charge is -2.16. The summed E-state index contributed by atoms with van der Waals surface area (Å²) in [4.78, 5) is 39.1. The second-order valence-electron chi connectivity index (χ2n) is 8.73. The fourth-order valence-electron chi connectivity index (χ4n) is 4.10. The van der Waals surface area contributed by atoms with Crippen molar-refractivity contribution in [2.45, 2.75) is 20.4 Å². The molecule has 3 aromatic heterocycles. The number of fused-ring (bicyclic) bond motifs is 1. The van der Waals surface area contributed by atoms with Crippen molar-refractivity contribution < 1.29 is 8.78 Å². The van der Waals surface area contributed by atoms with E-state index in [1.807, 2.05) is 0 Å². The monoisotopic (exact) mass is 514 g/mol. The number of benzene rings is 2. The maximum absolute atomic E-state index is 15.0. The first-order valence-corrected chi connectivity index (χ1v) is 11.4. The highest BCUT2D eigenvalue weighted by atomic mass is 19.1. The second-order valence-corrected chi connectivity index (χ2v) is 8.73. The first-order chi connectivity index (χ1) is 18.2. The van der Waals surface area contributed by atoms with Crippen LogP contribution >= 0.6 is 0 Å². The lowest BCUT2D eigenvalue weighted by Crippen LogP contribution is -2.41. The van der Waals surface area contributed by atoms with E-state index < -0.39 is 23.0 Å². The predicted molar refractivity (Wildman–Crippen MR) is 136 cm³/mol. The van der Waals surface area contributed by atoms with Gasteiger partial charge in [0.25, 0.3) is 0 Å². The molecule has 1 N–H and O–H groups in total. The van der Waals surface area contributed by atoms with Crippen LogP contribution in [0.4, 0.5) is 20.4 Å². The van der Waals surface area contributed by atoms with Crippen LogP contribution in [0.25, 0.3) is 16.7 Å². The summed E-state index contributed by atoms with van der Waals surface area (Å²) in [6, 6.07) is 9.91. The smallest absolute Gasteiger partial charge is 0.331 e. The van der Waals surface area contributed by atoms with Crippen molar-refractivity contribution in [3.8, 4) is 11.8 Å². The van der Waals surface area contributed by atoms with E-state index >= 15 is 4.39 Å². The standard InChI is InChI=1S/C26H20F2N8O2/c1-14-6-18(12-30-11-14)36-25(37)33-24(32-21-9-23-22(8-20(21)28)31-15(2)34(23)3)35(26(36)38)13-16-4-5-19(27)17(7-16)10-29/h4-9,11-12H,13H2,1-3H3,(H,32,33,37). The molecule has 0 saturated heterocycles. The fourth-order valence-corrected chi connectivity index (χ4v) is 4.10. The number of halogens is 2. The summed E-state index contributed by atoms with van der Waals surface area (Å²) in [5.41, 5.74) is 0.415. The van der Waals surface area contributed by atoms with Crippen molar-refractivity contribution in [3.05, 3.63) is 104 Å². The number of pyridine rings is 1. The van der Waals surface area contributed by atoms with E-state index in [1.165, 1.54) is 30.5 Å². The zero-order chi connectivity index (χ0) is 27.1. The first-order valence-electron chi connectivity index (χ1n) is 11.4. The Labute approximate surface area is 214 Å². The number of hydrogen-bond acceptors (Lipinski definition) is 7. The third-order valence-electron chi connectivity index (χ3n) is 6.12. The molecule has 0 radical (unpaired) electrons. The SMILES string of the molecule is Cc1cncc(-n2c(=O)nc(Nc3cc4c(cc3F)nc(C)n4C)n(Cc3ccc(F)c(C#N)c3)c2=O)c1. The van der Waals surface area contributed by atoms with Crippen molar-refractivity contribution in [1.29, 1.82) is 5.26 Å². The molecular formula is C26H20F2N8O2. The first kappa shape index (κ1) is 24.5. The van der Waals surface area contributed by atoms with Gasteiger partial charge >= 0.3 is 11.4 Å². The number of nitrogens with one attached hydrogen (secondary N) is 1. The van der Waals surface area contributed by atoms with Gasteiger partial charge in [-0.05, 0) is 49.2 Å². The maximum atomic E-state index is 15.0. The van der Waals surface area contributed by atoms with E-state index in [9.17, 15) is 19.2 Å². The molecule has 190 valence electrons. The molecule has 0 saturated carbocycles. The Bertz CT molecular complexity index is 1900. The quantitative estimate of drug-likeness (QED) is 0.382. The molecule has 0 unspecified atom stereocenters. The predicted octanol–water partition coefficient (Wildman–Crippen LogP) is 3.23. The highest BCUT2D eigenvalue weighted by molar-refractivity contribution is 5.81. The summed E-state index contributed by atoms with van der Waals surface area (Å²) in [6.45, 7) is 3.34. The number of aryl methyl sites for hydroxylation is 3.